The smallest absolute Gasteiger partial charge is 0.262 e. The van der Waals surface area contributed by atoms with Gasteiger partial charge < -0.3 is 15.0 Å². The van der Waals surface area contributed by atoms with Gasteiger partial charge in [-0.3, -0.25) is 4.79 Å². The van der Waals surface area contributed by atoms with E-state index in [1.54, 1.807) is 10.7 Å². The molecule has 0 radical (unpaired) electrons. The molecule has 1 aliphatic heterocycles. The van der Waals surface area contributed by atoms with Crippen LogP contribution in [0.3, 0.4) is 0 Å². The molecule has 30 heavy (non-hydrogen) atoms. The van der Waals surface area contributed by atoms with Gasteiger partial charge in [0.25, 0.3) is 5.91 Å². The number of hydrogen-bond donors (Lipinski definition) is 1. The normalized spacial score (nSPS) is 14.2. The molecule has 3 heterocycles. The number of rotatable bonds is 5. The second-order valence-electron chi connectivity index (χ2n) is 7.75. The molecule has 7 nitrogen and oxygen atoms in total. The zero-order valence-electron chi connectivity index (χ0n) is 17.5. The van der Waals surface area contributed by atoms with E-state index in [4.69, 9.17) is 16.3 Å². The highest BCUT2D eigenvalue weighted by Crippen LogP contribution is 2.31. The van der Waals surface area contributed by atoms with Crippen LogP contribution >= 0.6 is 11.6 Å². The van der Waals surface area contributed by atoms with E-state index in [2.05, 4.69) is 20.3 Å². The van der Waals surface area contributed by atoms with Gasteiger partial charge in [0.05, 0.1) is 16.8 Å². The fraction of sp³-hybridized carbons (Fsp3) is 0.409. The van der Waals surface area contributed by atoms with Gasteiger partial charge in [-0.2, -0.15) is 0 Å². The molecular weight excluding hydrogens is 402 g/mol. The zero-order valence-corrected chi connectivity index (χ0v) is 18.3. The summed E-state index contributed by atoms with van der Waals surface area (Å²) in [5, 5.41) is 8.77. The molecule has 1 fully saturated rings. The number of halogens is 1. The first-order valence-electron chi connectivity index (χ1n) is 10.2. The van der Waals surface area contributed by atoms with Crippen molar-refractivity contribution in [2.75, 3.05) is 29.9 Å². The minimum absolute atomic E-state index is 0.147. The van der Waals surface area contributed by atoms with Gasteiger partial charge in [-0.25, -0.2) is 9.67 Å². The van der Waals surface area contributed by atoms with E-state index < -0.39 is 0 Å². The van der Waals surface area contributed by atoms with E-state index in [0.29, 0.717) is 16.6 Å². The molecule has 0 aliphatic carbocycles. The third-order valence-corrected chi connectivity index (χ3v) is 5.59. The Balaban J connectivity index is 1.50. The van der Waals surface area contributed by atoms with Gasteiger partial charge in [0.15, 0.2) is 12.3 Å². The average molecular weight is 428 g/mol. The summed E-state index contributed by atoms with van der Waals surface area (Å²) >= 11 is 6.19. The molecule has 1 aromatic carbocycles. The Labute approximate surface area is 181 Å². The molecule has 8 heteroatoms. The summed E-state index contributed by atoms with van der Waals surface area (Å²) in [6.07, 6.45) is 3.54. The number of ether oxygens (including phenoxy) is 1. The van der Waals surface area contributed by atoms with Gasteiger partial charge in [-0.05, 0) is 62.9 Å². The highest BCUT2D eigenvalue weighted by atomic mass is 35.5. The molecule has 0 bridgehead atoms. The first-order chi connectivity index (χ1) is 14.4. The van der Waals surface area contributed by atoms with Crippen molar-refractivity contribution in [2.24, 2.45) is 7.05 Å². The van der Waals surface area contributed by atoms with Crippen molar-refractivity contribution >= 4 is 39.9 Å². The highest BCUT2D eigenvalue weighted by molar-refractivity contribution is 6.31. The van der Waals surface area contributed by atoms with Crippen molar-refractivity contribution in [1.29, 1.82) is 0 Å². The third-order valence-electron chi connectivity index (χ3n) is 5.36. The molecule has 1 N–H and O–H groups in total. The molecule has 1 aliphatic rings. The van der Waals surface area contributed by atoms with Crippen LogP contribution in [-0.2, 0) is 11.8 Å². The number of fused-ring (bicyclic) bond motifs is 1. The molecule has 0 spiro atoms. The first kappa shape index (κ1) is 20.5. The molecule has 158 valence electrons. The third kappa shape index (κ3) is 4.21. The number of carbonyl (C=O) groups is 1. The van der Waals surface area contributed by atoms with Crippen molar-refractivity contribution in [1.82, 2.24) is 14.8 Å². The van der Waals surface area contributed by atoms with Crippen molar-refractivity contribution in [2.45, 2.75) is 33.1 Å². The SMILES string of the molecule is Cc1cc(C)c2c(OCC(=O)Nc3cc(Cl)ccc3N3CCCCC3)nn(C)c2n1. The number of benzene rings is 1. The number of carbonyl (C=O) groups excluding carboxylic acids is 1. The minimum atomic E-state index is -0.257. The van der Waals surface area contributed by atoms with Gasteiger partial charge in [0.2, 0.25) is 5.88 Å². The summed E-state index contributed by atoms with van der Waals surface area (Å²) in [6, 6.07) is 7.59. The fourth-order valence-corrected chi connectivity index (χ4v) is 4.16. The number of nitrogens with zero attached hydrogens (tertiary/aromatic N) is 4. The molecular formula is C22H26ClN5O2. The Morgan fingerprint density at radius 1 is 1.20 bits per heavy atom. The van der Waals surface area contributed by atoms with Crippen LogP contribution in [0, 0.1) is 13.8 Å². The number of amides is 1. The highest BCUT2D eigenvalue weighted by Gasteiger charge is 2.18. The van der Waals surface area contributed by atoms with Gasteiger partial charge in [0, 0.05) is 30.9 Å². The van der Waals surface area contributed by atoms with Crippen LogP contribution in [0.4, 0.5) is 11.4 Å². The number of aromatic nitrogens is 3. The predicted octanol–water partition coefficient (Wildman–Crippen LogP) is 4.25. The van der Waals surface area contributed by atoms with Gasteiger partial charge in [-0.15, -0.1) is 5.10 Å². The summed E-state index contributed by atoms with van der Waals surface area (Å²) in [7, 11) is 1.82. The molecule has 0 atom stereocenters. The van der Waals surface area contributed by atoms with Gasteiger partial charge in [0.1, 0.15) is 0 Å². The molecule has 0 unspecified atom stereocenters. The lowest BCUT2D eigenvalue weighted by Crippen LogP contribution is -2.31. The molecule has 3 aromatic rings. The molecule has 1 amide bonds. The average Bonchev–Trinajstić information content (AvgIpc) is 3.03. The first-order valence-corrected chi connectivity index (χ1v) is 10.6. The standard InChI is InChI=1S/C22H26ClN5O2/c1-14-11-15(2)24-21-20(14)22(26-27(21)3)30-13-19(29)25-17-12-16(23)7-8-18(17)28-9-5-4-6-10-28/h7-8,11-12H,4-6,9-10,13H2,1-3H3,(H,25,29). The lowest BCUT2D eigenvalue weighted by Gasteiger charge is -2.30. The maximum atomic E-state index is 12.7. The number of piperidine rings is 1. The van der Waals surface area contributed by atoms with Crippen molar-refractivity contribution < 1.29 is 9.53 Å². The molecule has 0 saturated carbocycles. The summed E-state index contributed by atoms with van der Waals surface area (Å²) in [6.45, 7) is 5.74. The van der Waals surface area contributed by atoms with E-state index >= 15 is 0 Å². The van der Waals surface area contributed by atoms with E-state index in [-0.39, 0.29) is 12.5 Å². The van der Waals surface area contributed by atoms with Crippen molar-refractivity contribution in [3.05, 3.63) is 40.5 Å². The Morgan fingerprint density at radius 2 is 1.97 bits per heavy atom. The van der Waals surface area contributed by atoms with Crippen LogP contribution in [0.2, 0.25) is 5.02 Å². The number of pyridine rings is 1. The molecule has 1 saturated heterocycles. The number of anilines is 2. The largest absolute Gasteiger partial charge is 0.466 e. The van der Waals surface area contributed by atoms with E-state index in [1.165, 1.54) is 6.42 Å². The molecule has 4 rings (SSSR count). The second-order valence-corrected chi connectivity index (χ2v) is 8.19. The van der Waals surface area contributed by atoms with Crippen molar-refractivity contribution in [3.63, 3.8) is 0 Å². The monoisotopic (exact) mass is 427 g/mol. The number of hydrogen-bond acceptors (Lipinski definition) is 5. The summed E-state index contributed by atoms with van der Waals surface area (Å²) in [4.78, 5) is 19.5. The zero-order chi connectivity index (χ0) is 21.3. The van der Waals surface area contributed by atoms with Gasteiger partial charge >= 0.3 is 0 Å². The van der Waals surface area contributed by atoms with E-state index in [0.717, 1.165) is 53.9 Å². The Kier molecular flexibility index (Phi) is 5.81. The van der Waals surface area contributed by atoms with Gasteiger partial charge in [-0.1, -0.05) is 11.6 Å². The Morgan fingerprint density at radius 3 is 2.73 bits per heavy atom. The quantitative estimate of drug-likeness (QED) is 0.659. The van der Waals surface area contributed by atoms with E-state index in [9.17, 15) is 4.79 Å². The summed E-state index contributed by atoms with van der Waals surface area (Å²) in [5.41, 5.74) is 4.37. The maximum Gasteiger partial charge on any atom is 0.262 e. The van der Waals surface area contributed by atoms with Crippen LogP contribution in [-0.4, -0.2) is 40.4 Å². The lowest BCUT2D eigenvalue weighted by atomic mass is 10.1. The summed E-state index contributed by atoms with van der Waals surface area (Å²) in [5.74, 6) is 0.155. The maximum absolute atomic E-state index is 12.7. The fourth-order valence-electron chi connectivity index (χ4n) is 3.99. The van der Waals surface area contributed by atoms with E-state index in [1.807, 2.05) is 39.1 Å². The van der Waals surface area contributed by atoms with Crippen LogP contribution in [0.5, 0.6) is 5.88 Å². The van der Waals surface area contributed by atoms with Crippen molar-refractivity contribution in [3.8, 4) is 5.88 Å². The minimum Gasteiger partial charge on any atom is -0.466 e. The molecule has 2 aromatic heterocycles. The topological polar surface area (TPSA) is 72.3 Å². The van der Waals surface area contributed by atoms with Crippen LogP contribution in [0.25, 0.3) is 11.0 Å². The van der Waals surface area contributed by atoms with Crippen LogP contribution < -0.4 is 15.0 Å². The summed E-state index contributed by atoms with van der Waals surface area (Å²) < 4.78 is 7.45. The number of nitrogens with one attached hydrogen (secondary N) is 1. The number of aryl methyl sites for hydroxylation is 3. The lowest BCUT2D eigenvalue weighted by molar-refractivity contribution is -0.118. The Bertz CT molecular complexity index is 1090. The van der Waals surface area contributed by atoms with Crippen LogP contribution in [0.15, 0.2) is 24.3 Å². The second kappa shape index (κ2) is 8.52. The Hall–Kier alpha value is -2.80. The predicted molar refractivity (Wildman–Crippen MR) is 120 cm³/mol. The van der Waals surface area contributed by atoms with Crippen LogP contribution in [0.1, 0.15) is 30.5 Å².